The minimum absolute atomic E-state index is 0.681. The van der Waals surface area contributed by atoms with Crippen molar-refractivity contribution in [3.05, 3.63) is 28.8 Å². The SMILES string of the molecule is Cc1ccc(C)c([NH])c1C. The Hall–Kier alpha value is -0.980. The van der Waals surface area contributed by atoms with Gasteiger partial charge < -0.3 is 5.73 Å². The minimum Gasteiger partial charge on any atom is -0.300 e. The van der Waals surface area contributed by atoms with E-state index in [1.165, 1.54) is 5.56 Å². The van der Waals surface area contributed by atoms with E-state index in [4.69, 9.17) is 5.73 Å². The van der Waals surface area contributed by atoms with Gasteiger partial charge in [-0.15, -0.1) is 0 Å². The molecule has 1 rings (SSSR count). The lowest BCUT2D eigenvalue weighted by Gasteiger charge is -2.04. The molecule has 0 aromatic heterocycles. The second-order valence-electron chi connectivity index (χ2n) is 2.70. The van der Waals surface area contributed by atoms with Crippen molar-refractivity contribution in [1.82, 2.24) is 5.73 Å². The maximum atomic E-state index is 7.58. The average molecular weight is 134 g/mol. The van der Waals surface area contributed by atoms with Crippen molar-refractivity contribution in [2.45, 2.75) is 20.8 Å². The Morgan fingerprint density at radius 2 is 1.50 bits per heavy atom. The largest absolute Gasteiger partial charge is 0.300 e. The smallest absolute Gasteiger partial charge is 0.0600 e. The number of hydrogen-bond acceptors (Lipinski definition) is 0. The number of hydrogen-bond donors (Lipinski definition) is 0. The number of benzene rings is 1. The number of aryl methyl sites for hydroxylation is 2. The molecule has 1 heteroatoms. The van der Waals surface area contributed by atoms with Crippen LogP contribution in [0.2, 0.25) is 0 Å². The monoisotopic (exact) mass is 134 g/mol. The molecule has 0 bridgehead atoms. The van der Waals surface area contributed by atoms with Gasteiger partial charge in [0, 0.05) is 0 Å². The number of nitrogens with one attached hydrogen (secondary N) is 1. The summed E-state index contributed by atoms with van der Waals surface area (Å²) in [6.07, 6.45) is 0. The molecule has 1 aromatic carbocycles. The van der Waals surface area contributed by atoms with Crippen molar-refractivity contribution >= 4 is 5.69 Å². The van der Waals surface area contributed by atoms with Crippen LogP contribution in [0.25, 0.3) is 0 Å². The van der Waals surface area contributed by atoms with Gasteiger partial charge in [0.2, 0.25) is 0 Å². The van der Waals surface area contributed by atoms with Crippen LogP contribution in [-0.4, -0.2) is 0 Å². The average Bonchev–Trinajstić information content (AvgIpc) is 1.93. The fraction of sp³-hybridized carbons (Fsp3) is 0.333. The van der Waals surface area contributed by atoms with Gasteiger partial charge in [-0.2, -0.15) is 0 Å². The van der Waals surface area contributed by atoms with Gasteiger partial charge in [-0.25, -0.2) is 0 Å². The Bertz CT molecular complexity index is 224. The third-order valence-electron chi connectivity index (χ3n) is 1.94. The van der Waals surface area contributed by atoms with Gasteiger partial charge in [-0.3, -0.25) is 0 Å². The zero-order valence-electron chi connectivity index (χ0n) is 6.65. The lowest BCUT2D eigenvalue weighted by Crippen LogP contribution is -1.86. The van der Waals surface area contributed by atoms with Gasteiger partial charge in [-0.1, -0.05) is 12.1 Å². The molecule has 0 spiro atoms. The summed E-state index contributed by atoms with van der Waals surface area (Å²) < 4.78 is 0. The maximum absolute atomic E-state index is 7.58. The first-order chi connectivity index (χ1) is 4.63. The van der Waals surface area contributed by atoms with E-state index in [2.05, 4.69) is 6.07 Å². The summed E-state index contributed by atoms with van der Waals surface area (Å²) in [7, 11) is 0. The zero-order valence-corrected chi connectivity index (χ0v) is 6.65. The van der Waals surface area contributed by atoms with Crippen molar-refractivity contribution in [3.8, 4) is 0 Å². The normalized spacial score (nSPS) is 9.90. The molecular formula is C9H12N. The van der Waals surface area contributed by atoms with Gasteiger partial charge in [0.05, 0.1) is 5.69 Å². The van der Waals surface area contributed by atoms with E-state index in [1.54, 1.807) is 0 Å². The van der Waals surface area contributed by atoms with Crippen molar-refractivity contribution in [2.24, 2.45) is 0 Å². The summed E-state index contributed by atoms with van der Waals surface area (Å²) >= 11 is 0. The van der Waals surface area contributed by atoms with E-state index in [-0.39, 0.29) is 0 Å². The summed E-state index contributed by atoms with van der Waals surface area (Å²) in [6.45, 7) is 5.99. The van der Waals surface area contributed by atoms with Crippen LogP contribution in [0.4, 0.5) is 5.69 Å². The predicted molar refractivity (Wildman–Crippen MR) is 43.4 cm³/mol. The maximum Gasteiger partial charge on any atom is 0.0600 e. The lowest BCUT2D eigenvalue weighted by atomic mass is 10.0. The Morgan fingerprint density at radius 3 is 2.00 bits per heavy atom. The van der Waals surface area contributed by atoms with E-state index >= 15 is 0 Å². The van der Waals surface area contributed by atoms with E-state index in [0.29, 0.717) is 5.69 Å². The van der Waals surface area contributed by atoms with Crippen molar-refractivity contribution in [2.75, 3.05) is 0 Å². The first-order valence-corrected chi connectivity index (χ1v) is 3.41. The van der Waals surface area contributed by atoms with Crippen LogP contribution in [0.15, 0.2) is 12.1 Å². The molecule has 1 nitrogen and oxygen atoms in total. The predicted octanol–water partition coefficient (Wildman–Crippen LogP) is 2.53. The molecule has 0 saturated heterocycles. The molecule has 1 aromatic rings. The quantitative estimate of drug-likeness (QED) is 0.520. The van der Waals surface area contributed by atoms with Crippen LogP contribution in [0.3, 0.4) is 0 Å². The molecule has 0 aliphatic carbocycles. The summed E-state index contributed by atoms with van der Waals surface area (Å²) in [5, 5.41) is 0. The highest BCUT2D eigenvalue weighted by atomic mass is 14.6. The van der Waals surface area contributed by atoms with Crippen molar-refractivity contribution in [1.29, 1.82) is 0 Å². The topological polar surface area (TPSA) is 23.8 Å². The van der Waals surface area contributed by atoms with Gasteiger partial charge in [0.15, 0.2) is 0 Å². The second-order valence-corrected chi connectivity index (χ2v) is 2.70. The molecule has 0 heterocycles. The lowest BCUT2D eigenvalue weighted by molar-refractivity contribution is 1.25. The van der Waals surface area contributed by atoms with Crippen LogP contribution in [-0.2, 0) is 0 Å². The Labute approximate surface area is 61.9 Å². The Kier molecular flexibility index (Phi) is 1.66. The van der Waals surface area contributed by atoms with E-state index in [1.807, 2.05) is 26.8 Å². The van der Waals surface area contributed by atoms with Crippen LogP contribution >= 0.6 is 0 Å². The highest BCUT2D eigenvalue weighted by Crippen LogP contribution is 2.20. The van der Waals surface area contributed by atoms with Crippen molar-refractivity contribution < 1.29 is 0 Å². The van der Waals surface area contributed by atoms with Crippen molar-refractivity contribution in [3.63, 3.8) is 0 Å². The third kappa shape index (κ3) is 0.991. The molecule has 0 aliphatic rings. The first-order valence-electron chi connectivity index (χ1n) is 3.41. The first kappa shape index (κ1) is 7.13. The molecule has 0 unspecified atom stereocenters. The zero-order chi connectivity index (χ0) is 7.72. The summed E-state index contributed by atoms with van der Waals surface area (Å²) in [5.74, 6) is 0. The summed E-state index contributed by atoms with van der Waals surface area (Å²) in [5.41, 5.74) is 11.6. The van der Waals surface area contributed by atoms with Crippen LogP contribution in [0.1, 0.15) is 16.7 Å². The molecule has 0 amide bonds. The molecule has 1 N–H and O–H groups in total. The van der Waals surface area contributed by atoms with Crippen LogP contribution in [0.5, 0.6) is 0 Å². The Balaban J connectivity index is 3.34. The molecule has 0 fully saturated rings. The molecule has 0 saturated carbocycles. The third-order valence-corrected chi connectivity index (χ3v) is 1.94. The highest BCUT2D eigenvalue weighted by Gasteiger charge is 1.99. The van der Waals surface area contributed by atoms with E-state index < -0.39 is 0 Å². The van der Waals surface area contributed by atoms with Gasteiger partial charge in [0.1, 0.15) is 0 Å². The molecule has 1 radical (unpaired) electrons. The molecule has 53 valence electrons. The van der Waals surface area contributed by atoms with Crippen LogP contribution in [0, 0.1) is 20.8 Å². The summed E-state index contributed by atoms with van der Waals surface area (Å²) in [4.78, 5) is 0. The second kappa shape index (κ2) is 2.33. The van der Waals surface area contributed by atoms with Gasteiger partial charge in [0.25, 0.3) is 0 Å². The van der Waals surface area contributed by atoms with Gasteiger partial charge >= 0.3 is 0 Å². The fourth-order valence-corrected chi connectivity index (χ4v) is 0.951. The number of rotatable bonds is 0. The Morgan fingerprint density at radius 1 is 1.00 bits per heavy atom. The molecule has 0 aliphatic heterocycles. The molecule has 10 heavy (non-hydrogen) atoms. The summed E-state index contributed by atoms with van der Waals surface area (Å²) in [6, 6.07) is 4.05. The minimum atomic E-state index is 0.681. The van der Waals surface area contributed by atoms with E-state index in [9.17, 15) is 0 Å². The van der Waals surface area contributed by atoms with Crippen LogP contribution < -0.4 is 5.73 Å². The molecular weight excluding hydrogens is 122 g/mol. The van der Waals surface area contributed by atoms with E-state index in [0.717, 1.165) is 11.1 Å². The standard InChI is InChI=1S/C9H12N/c1-6-4-5-7(2)9(10)8(6)3/h4-5,10H,1-3H3. The highest BCUT2D eigenvalue weighted by molar-refractivity contribution is 5.52. The van der Waals surface area contributed by atoms with Gasteiger partial charge in [-0.05, 0) is 37.5 Å². The fourth-order valence-electron chi connectivity index (χ4n) is 0.951. The molecule has 0 atom stereocenters.